The number of anilines is 2. The van der Waals surface area contributed by atoms with E-state index in [9.17, 15) is 13.2 Å². The molecule has 0 bridgehead atoms. The number of nitrogens with two attached hydrogens (primary N) is 1. The normalized spacial score (nSPS) is 17.4. The van der Waals surface area contributed by atoms with E-state index in [-0.39, 0.29) is 11.7 Å². The molecule has 1 amide bonds. The van der Waals surface area contributed by atoms with E-state index in [0.29, 0.717) is 37.4 Å². The van der Waals surface area contributed by atoms with E-state index in [1.807, 2.05) is 30.3 Å². The maximum absolute atomic E-state index is 13.3. The summed E-state index contributed by atoms with van der Waals surface area (Å²) in [6, 6.07) is 12.9. The van der Waals surface area contributed by atoms with Gasteiger partial charge < -0.3 is 11.1 Å². The highest BCUT2D eigenvalue weighted by molar-refractivity contribution is 7.89. The van der Waals surface area contributed by atoms with E-state index in [1.165, 1.54) is 10.5 Å². The molecule has 0 saturated carbocycles. The maximum atomic E-state index is 13.3. The van der Waals surface area contributed by atoms with Gasteiger partial charge in [-0.05, 0) is 37.5 Å². The first-order valence-corrected chi connectivity index (χ1v) is 10.5. The average Bonchev–Trinajstić information content (AvgIpc) is 2.70. The predicted molar refractivity (Wildman–Crippen MR) is 106 cm³/mol. The van der Waals surface area contributed by atoms with Crippen LogP contribution in [0.1, 0.15) is 25.3 Å². The number of benzene rings is 1. The molecule has 3 N–H and O–H groups in total. The number of aromatic nitrogens is 1. The molecule has 0 atom stereocenters. The summed E-state index contributed by atoms with van der Waals surface area (Å²) >= 11 is 0. The van der Waals surface area contributed by atoms with Crippen molar-refractivity contribution < 1.29 is 13.2 Å². The number of carbonyl (C=O) groups excluding carboxylic acids is 1. The fourth-order valence-electron chi connectivity index (χ4n) is 3.46. The lowest BCUT2D eigenvalue weighted by Crippen LogP contribution is -2.51. The smallest absolute Gasteiger partial charge is 0.235 e. The Morgan fingerprint density at radius 2 is 1.85 bits per heavy atom. The average molecular weight is 388 g/mol. The first-order valence-electron chi connectivity index (χ1n) is 8.94. The number of nitrogen functional groups attached to an aromatic ring is 1. The largest absolute Gasteiger partial charge is 0.384 e. The number of nitrogens with one attached hydrogen (secondary N) is 1. The molecule has 0 spiro atoms. The zero-order chi connectivity index (χ0) is 19.5. The Morgan fingerprint density at radius 1 is 1.19 bits per heavy atom. The summed E-state index contributed by atoms with van der Waals surface area (Å²) in [6.45, 7) is 2.27. The lowest BCUT2D eigenvalue weighted by molar-refractivity contribution is -0.123. The summed E-state index contributed by atoms with van der Waals surface area (Å²) in [5, 5.41) is 2.92. The van der Waals surface area contributed by atoms with Crippen molar-refractivity contribution in [1.82, 2.24) is 9.29 Å². The van der Waals surface area contributed by atoms with E-state index in [0.717, 1.165) is 5.56 Å². The molecule has 27 heavy (non-hydrogen) atoms. The molecule has 1 saturated heterocycles. The molecule has 1 aromatic carbocycles. The van der Waals surface area contributed by atoms with Crippen molar-refractivity contribution >= 4 is 27.4 Å². The molecule has 2 aromatic rings. The Bertz CT molecular complexity index is 890. The van der Waals surface area contributed by atoms with Crippen LogP contribution in [-0.2, 0) is 20.2 Å². The van der Waals surface area contributed by atoms with Gasteiger partial charge in [0.2, 0.25) is 15.9 Å². The summed E-state index contributed by atoms with van der Waals surface area (Å²) in [4.78, 5) is 17.3. The first kappa shape index (κ1) is 19.3. The number of pyridine rings is 1. The van der Waals surface area contributed by atoms with Crippen LogP contribution < -0.4 is 11.1 Å². The second-order valence-corrected chi connectivity index (χ2v) is 8.93. The maximum Gasteiger partial charge on any atom is 0.235 e. The van der Waals surface area contributed by atoms with Gasteiger partial charge in [0.1, 0.15) is 5.82 Å². The van der Waals surface area contributed by atoms with Crippen molar-refractivity contribution in [3.8, 4) is 0 Å². The van der Waals surface area contributed by atoms with Crippen LogP contribution in [0.5, 0.6) is 0 Å². The molecule has 0 aliphatic carbocycles. The molecular weight excluding hydrogens is 364 g/mol. The van der Waals surface area contributed by atoms with Crippen LogP contribution in [0, 0.1) is 0 Å². The Labute approximate surface area is 159 Å². The van der Waals surface area contributed by atoms with Gasteiger partial charge in [-0.15, -0.1) is 0 Å². The fourth-order valence-corrected chi connectivity index (χ4v) is 4.57. The Balaban J connectivity index is 1.88. The molecule has 8 heteroatoms. The third-order valence-corrected chi connectivity index (χ3v) is 7.02. The van der Waals surface area contributed by atoms with Gasteiger partial charge in [-0.1, -0.05) is 30.3 Å². The first-order chi connectivity index (χ1) is 12.9. The molecule has 1 fully saturated rings. The van der Waals surface area contributed by atoms with Crippen molar-refractivity contribution in [3.05, 3.63) is 54.2 Å². The topological polar surface area (TPSA) is 105 Å². The van der Waals surface area contributed by atoms with Crippen LogP contribution in [0.3, 0.4) is 0 Å². The highest BCUT2D eigenvalue weighted by Crippen LogP contribution is 2.37. The lowest BCUT2D eigenvalue weighted by atomic mass is 9.72. The number of hydrogen-bond donors (Lipinski definition) is 2. The van der Waals surface area contributed by atoms with E-state index < -0.39 is 15.4 Å². The number of hydrogen-bond acceptors (Lipinski definition) is 5. The quantitative estimate of drug-likeness (QED) is 0.815. The van der Waals surface area contributed by atoms with Crippen LogP contribution in [0.15, 0.2) is 48.7 Å². The highest BCUT2D eigenvalue weighted by Gasteiger charge is 2.44. The number of sulfonamides is 1. The number of piperidine rings is 1. The second kappa shape index (κ2) is 7.66. The van der Waals surface area contributed by atoms with Crippen LogP contribution >= 0.6 is 0 Å². The number of amides is 1. The zero-order valence-corrected chi connectivity index (χ0v) is 16.1. The molecule has 144 valence electrons. The summed E-state index contributed by atoms with van der Waals surface area (Å²) in [5.74, 6) is 0.284. The molecule has 1 aliphatic rings. The molecule has 0 unspecified atom stereocenters. The van der Waals surface area contributed by atoms with E-state index in [2.05, 4.69) is 10.3 Å². The lowest BCUT2D eigenvalue weighted by Gasteiger charge is -2.40. The molecule has 1 aliphatic heterocycles. The van der Waals surface area contributed by atoms with Crippen LogP contribution in [0.2, 0.25) is 0 Å². The minimum atomic E-state index is -3.27. The van der Waals surface area contributed by atoms with Crippen molar-refractivity contribution in [1.29, 1.82) is 0 Å². The molecule has 0 radical (unpaired) electrons. The van der Waals surface area contributed by atoms with Gasteiger partial charge in [0.05, 0.1) is 23.1 Å². The predicted octanol–water partition coefficient (Wildman–Crippen LogP) is 1.99. The molecule has 7 nitrogen and oxygen atoms in total. The van der Waals surface area contributed by atoms with E-state index in [4.69, 9.17) is 5.73 Å². The molecular formula is C19H24N4O3S. The minimum Gasteiger partial charge on any atom is -0.384 e. The second-order valence-electron chi connectivity index (χ2n) is 6.67. The van der Waals surface area contributed by atoms with Gasteiger partial charge in [-0.3, -0.25) is 4.79 Å². The Morgan fingerprint density at radius 3 is 2.41 bits per heavy atom. The van der Waals surface area contributed by atoms with Crippen molar-refractivity contribution in [2.45, 2.75) is 25.2 Å². The van der Waals surface area contributed by atoms with Crippen molar-refractivity contribution in [3.63, 3.8) is 0 Å². The third kappa shape index (κ3) is 3.96. The van der Waals surface area contributed by atoms with Gasteiger partial charge in [0.15, 0.2) is 0 Å². The van der Waals surface area contributed by atoms with E-state index >= 15 is 0 Å². The summed E-state index contributed by atoms with van der Waals surface area (Å²) in [5.41, 5.74) is 6.26. The van der Waals surface area contributed by atoms with Gasteiger partial charge in [-0.25, -0.2) is 17.7 Å². The van der Waals surface area contributed by atoms with Crippen LogP contribution in [0.4, 0.5) is 11.5 Å². The minimum absolute atomic E-state index is 0.0641. The number of nitrogens with zero attached hydrogens (tertiary/aromatic N) is 2. The number of carbonyl (C=O) groups is 1. The molecule has 3 rings (SSSR count). The Kier molecular flexibility index (Phi) is 5.48. The number of rotatable bonds is 5. The summed E-state index contributed by atoms with van der Waals surface area (Å²) in [7, 11) is -3.27. The zero-order valence-electron chi connectivity index (χ0n) is 15.3. The monoisotopic (exact) mass is 388 g/mol. The van der Waals surface area contributed by atoms with Crippen molar-refractivity contribution in [2.24, 2.45) is 0 Å². The van der Waals surface area contributed by atoms with Gasteiger partial charge in [-0.2, -0.15) is 0 Å². The highest BCUT2D eigenvalue weighted by atomic mass is 32.2. The van der Waals surface area contributed by atoms with Gasteiger partial charge in [0, 0.05) is 13.1 Å². The van der Waals surface area contributed by atoms with Gasteiger partial charge in [0.25, 0.3) is 0 Å². The van der Waals surface area contributed by atoms with Crippen LogP contribution in [0.25, 0.3) is 0 Å². The van der Waals surface area contributed by atoms with Crippen molar-refractivity contribution in [2.75, 3.05) is 29.9 Å². The SMILES string of the molecule is CCS(=O)(=O)N1CCC(C(=O)Nc2ccc(N)nc2)(c2ccccc2)CC1. The van der Waals surface area contributed by atoms with E-state index in [1.54, 1.807) is 19.1 Å². The Hall–Kier alpha value is -2.45. The summed E-state index contributed by atoms with van der Waals surface area (Å²) in [6.07, 6.45) is 2.36. The summed E-state index contributed by atoms with van der Waals surface area (Å²) < 4.78 is 25.9. The molecule has 2 heterocycles. The van der Waals surface area contributed by atoms with Gasteiger partial charge >= 0.3 is 0 Å². The standard InChI is InChI=1S/C19H24N4O3S/c1-2-27(25,26)23-12-10-19(11-13-23,15-6-4-3-5-7-15)18(24)22-16-8-9-17(20)21-14-16/h3-9,14H,2,10-13H2,1H3,(H2,20,21)(H,22,24). The third-order valence-electron chi connectivity index (χ3n) is 5.14. The van der Waals surface area contributed by atoms with Crippen LogP contribution in [-0.4, -0.2) is 42.5 Å². The fraction of sp³-hybridized carbons (Fsp3) is 0.368. The molecule has 1 aromatic heterocycles.